The van der Waals surface area contributed by atoms with Crippen LogP contribution in [0.2, 0.25) is 0 Å². The second kappa shape index (κ2) is 7.45. The molecule has 0 bridgehead atoms. The van der Waals surface area contributed by atoms with Crippen LogP contribution in [0, 0.1) is 22.0 Å². The molecule has 1 aromatic carbocycles. The fourth-order valence-electron chi connectivity index (χ4n) is 2.83. The second-order valence-corrected chi connectivity index (χ2v) is 9.25. The summed E-state index contributed by atoms with van der Waals surface area (Å²) < 4.78 is 5.27. The lowest BCUT2D eigenvalue weighted by molar-refractivity contribution is -0.385. The van der Waals surface area contributed by atoms with E-state index >= 15 is 0 Å². The third kappa shape index (κ3) is 5.03. The van der Waals surface area contributed by atoms with Crippen molar-refractivity contribution in [1.82, 2.24) is 0 Å². The highest BCUT2D eigenvalue weighted by Crippen LogP contribution is 2.36. The van der Waals surface area contributed by atoms with E-state index in [0.717, 1.165) is 0 Å². The van der Waals surface area contributed by atoms with E-state index < -0.39 is 39.7 Å². The highest BCUT2D eigenvalue weighted by molar-refractivity contribution is 6.24. The molecule has 0 aromatic heterocycles. The smallest absolute Gasteiger partial charge is 0.325 e. The number of carbonyl (C=O) groups is 3. The van der Waals surface area contributed by atoms with Crippen LogP contribution in [0.1, 0.15) is 70.3 Å². The molecule has 0 aliphatic heterocycles. The molecule has 0 N–H and O–H groups in total. The van der Waals surface area contributed by atoms with Crippen molar-refractivity contribution in [2.45, 2.75) is 65.4 Å². The van der Waals surface area contributed by atoms with Crippen LogP contribution in [0.25, 0.3) is 0 Å². The normalized spacial score (nSPS) is 15.6. The summed E-state index contributed by atoms with van der Waals surface area (Å²) in [5.74, 6) is -4.39. The van der Waals surface area contributed by atoms with Crippen LogP contribution in [0.15, 0.2) is 18.2 Å². The molecule has 152 valence electrons. The van der Waals surface area contributed by atoms with Crippen LogP contribution < -0.4 is 0 Å². The van der Waals surface area contributed by atoms with E-state index in [0.29, 0.717) is 18.4 Å². The highest BCUT2D eigenvalue weighted by atomic mass is 16.6. The first kappa shape index (κ1) is 21.7. The Kier molecular flexibility index (Phi) is 5.78. The predicted octanol–water partition coefficient (Wildman–Crippen LogP) is 4.01. The lowest BCUT2D eigenvalue weighted by Gasteiger charge is -2.23. The second-order valence-electron chi connectivity index (χ2n) is 9.25. The number of esters is 1. The zero-order valence-electron chi connectivity index (χ0n) is 17.2. The standard InChI is InChI=1S/C21H27NO6/c1-20(2,3)13-9-10-14(15(11-13)22(26)27)18(24)16(17(23)12-7-8-12)19(25)28-21(4,5)6/h9-12,16H,7-8H2,1-6H3. The fourth-order valence-corrected chi connectivity index (χ4v) is 2.83. The van der Waals surface area contributed by atoms with Gasteiger partial charge in [0.2, 0.25) is 0 Å². The zero-order chi connectivity index (χ0) is 21.4. The molecule has 0 amide bonds. The molecule has 28 heavy (non-hydrogen) atoms. The van der Waals surface area contributed by atoms with Gasteiger partial charge < -0.3 is 4.74 Å². The minimum Gasteiger partial charge on any atom is -0.459 e. The number of nitro groups is 1. The molecule has 0 spiro atoms. The molecule has 1 saturated carbocycles. The van der Waals surface area contributed by atoms with E-state index in [2.05, 4.69) is 0 Å². The summed E-state index contributed by atoms with van der Waals surface area (Å²) in [5, 5.41) is 11.6. The van der Waals surface area contributed by atoms with Gasteiger partial charge in [0.25, 0.3) is 5.69 Å². The summed E-state index contributed by atoms with van der Waals surface area (Å²) in [5.41, 5.74) is -1.22. The summed E-state index contributed by atoms with van der Waals surface area (Å²) in [6.07, 6.45) is 1.22. The van der Waals surface area contributed by atoms with Gasteiger partial charge in [0.15, 0.2) is 17.5 Å². The molecule has 0 radical (unpaired) electrons. The molecule has 1 fully saturated rings. The highest BCUT2D eigenvalue weighted by Gasteiger charge is 2.46. The van der Waals surface area contributed by atoms with Crippen LogP contribution in [-0.4, -0.2) is 28.1 Å². The summed E-state index contributed by atoms with van der Waals surface area (Å²) in [7, 11) is 0. The molecule has 0 heterocycles. The number of hydrogen-bond acceptors (Lipinski definition) is 6. The van der Waals surface area contributed by atoms with Gasteiger partial charge in [-0.05, 0) is 50.7 Å². The van der Waals surface area contributed by atoms with Gasteiger partial charge in [-0.1, -0.05) is 26.8 Å². The minimum atomic E-state index is -1.68. The number of Topliss-reactive ketones (excluding diaryl/α,β-unsaturated/α-hetero) is 2. The number of ketones is 2. The van der Waals surface area contributed by atoms with Crippen LogP contribution in [0.3, 0.4) is 0 Å². The van der Waals surface area contributed by atoms with Gasteiger partial charge in [-0.3, -0.25) is 24.5 Å². The van der Waals surface area contributed by atoms with Crippen molar-refractivity contribution in [1.29, 1.82) is 0 Å². The first-order chi connectivity index (χ1) is 12.7. The van der Waals surface area contributed by atoms with Crippen molar-refractivity contribution in [2.75, 3.05) is 0 Å². The Hall–Kier alpha value is -2.57. The van der Waals surface area contributed by atoms with Gasteiger partial charge >= 0.3 is 5.97 Å². The van der Waals surface area contributed by atoms with E-state index in [1.54, 1.807) is 26.8 Å². The lowest BCUT2D eigenvalue weighted by Crippen LogP contribution is -2.38. The van der Waals surface area contributed by atoms with Gasteiger partial charge in [-0.15, -0.1) is 0 Å². The van der Waals surface area contributed by atoms with Crippen molar-refractivity contribution in [3.63, 3.8) is 0 Å². The van der Waals surface area contributed by atoms with Crippen LogP contribution in [0.5, 0.6) is 0 Å². The summed E-state index contributed by atoms with van der Waals surface area (Å²) in [6, 6.07) is 4.29. The largest absolute Gasteiger partial charge is 0.459 e. The Labute approximate surface area is 164 Å². The Balaban J connectivity index is 2.50. The zero-order valence-corrected chi connectivity index (χ0v) is 17.2. The Morgan fingerprint density at radius 3 is 2.11 bits per heavy atom. The number of rotatable bonds is 6. The summed E-state index contributed by atoms with van der Waals surface area (Å²) in [4.78, 5) is 49.3. The molecule has 7 heteroatoms. The molecule has 7 nitrogen and oxygen atoms in total. The minimum absolute atomic E-state index is 0.247. The number of carbonyl (C=O) groups excluding carboxylic acids is 3. The van der Waals surface area contributed by atoms with E-state index in [1.807, 2.05) is 20.8 Å². The number of nitro benzene ring substituents is 1. The summed E-state index contributed by atoms with van der Waals surface area (Å²) in [6.45, 7) is 10.6. The first-order valence-electron chi connectivity index (χ1n) is 9.32. The first-order valence-corrected chi connectivity index (χ1v) is 9.32. The molecule has 0 saturated heterocycles. The SMILES string of the molecule is CC(C)(C)OC(=O)C(C(=O)c1ccc(C(C)(C)C)cc1[N+](=O)[O-])C(=O)C1CC1. The molecule has 1 unspecified atom stereocenters. The van der Waals surface area contributed by atoms with Gasteiger partial charge in [-0.2, -0.15) is 0 Å². The average molecular weight is 389 g/mol. The topological polar surface area (TPSA) is 104 Å². The maximum Gasteiger partial charge on any atom is 0.325 e. The van der Waals surface area contributed by atoms with E-state index in [9.17, 15) is 24.5 Å². The van der Waals surface area contributed by atoms with E-state index in [1.165, 1.54) is 12.1 Å². The summed E-state index contributed by atoms with van der Waals surface area (Å²) >= 11 is 0. The monoisotopic (exact) mass is 389 g/mol. The molecule has 1 atom stereocenters. The van der Waals surface area contributed by atoms with Crippen molar-refractivity contribution >= 4 is 23.2 Å². The molecule has 2 rings (SSSR count). The van der Waals surface area contributed by atoms with Crippen molar-refractivity contribution in [3.8, 4) is 0 Å². The molecular formula is C21H27NO6. The number of benzene rings is 1. The lowest BCUT2D eigenvalue weighted by atomic mass is 9.84. The van der Waals surface area contributed by atoms with Gasteiger partial charge in [-0.25, -0.2) is 0 Å². The number of nitrogens with zero attached hydrogens (tertiary/aromatic N) is 1. The van der Waals surface area contributed by atoms with Crippen LogP contribution in [-0.2, 0) is 19.7 Å². The number of hydrogen-bond donors (Lipinski definition) is 0. The Bertz CT molecular complexity index is 824. The quantitative estimate of drug-likeness (QED) is 0.239. The van der Waals surface area contributed by atoms with E-state index in [-0.39, 0.29) is 16.9 Å². The Morgan fingerprint density at radius 2 is 1.68 bits per heavy atom. The average Bonchev–Trinajstić information content (AvgIpc) is 3.36. The fraction of sp³-hybridized carbons (Fsp3) is 0.571. The molecule has 1 aliphatic rings. The maximum atomic E-state index is 13.1. The maximum absolute atomic E-state index is 13.1. The van der Waals surface area contributed by atoms with Crippen LogP contribution >= 0.6 is 0 Å². The third-order valence-electron chi connectivity index (χ3n) is 4.49. The van der Waals surface area contributed by atoms with Gasteiger partial charge in [0.05, 0.1) is 10.5 Å². The van der Waals surface area contributed by atoms with E-state index in [4.69, 9.17) is 4.74 Å². The van der Waals surface area contributed by atoms with Gasteiger partial charge in [0, 0.05) is 12.0 Å². The Morgan fingerprint density at radius 1 is 1.11 bits per heavy atom. The van der Waals surface area contributed by atoms with Crippen molar-refractivity contribution < 1.29 is 24.0 Å². The van der Waals surface area contributed by atoms with Crippen molar-refractivity contribution in [3.05, 3.63) is 39.4 Å². The molecule has 1 aromatic rings. The number of ether oxygens (including phenoxy) is 1. The van der Waals surface area contributed by atoms with Crippen LogP contribution in [0.4, 0.5) is 5.69 Å². The molecule has 1 aliphatic carbocycles. The predicted molar refractivity (Wildman–Crippen MR) is 103 cm³/mol. The third-order valence-corrected chi connectivity index (χ3v) is 4.49. The molecular weight excluding hydrogens is 362 g/mol. The van der Waals surface area contributed by atoms with Gasteiger partial charge in [0.1, 0.15) is 5.60 Å². The van der Waals surface area contributed by atoms with Crippen molar-refractivity contribution in [2.24, 2.45) is 11.8 Å².